The Hall–Kier alpha value is -3.81. The highest BCUT2D eigenvalue weighted by Crippen LogP contribution is 2.17. The molecule has 1 N–H and O–H groups in total. The smallest absolute Gasteiger partial charge is 0.330 e. The molecule has 8 nitrogen and oxygen atoms in total. The lowest BCUT2D eigenvalue weighted by Gasteiger charge is -2.09. The number of nitrogens with one attached hydrogen (secondary N) is 1. The zero-order valence-electron chi connectivity index (χ0n) is 15.5. The number of carbonyl (C=O) groups excluding carboxylic acids is 2. The van der Waals surface area contributed by atoms with Gasteiger partial charge < -0.3 is 10.1 Å². The number of ether oxygens (including phenoxy) is 1. The molecule has 0 bridgehead atoms. The summed E-state index contributed by atoms with van der Waals surface area (Å²) in [5.74, 6) is -0.610. The van der Waals surface area contributed by atoms with E-state index in [0.717, 1.165) is 16.8 Å². The zero-order valence-corrected chi connectivity index (χ0v) is 15.5. The third-order valence-electron chi connectivity index (χ3n) is 3.92. The van der Waals surface area contributed by atoms with Crippen LogP contribution in [0.1, 0.15) is 28.4 Å². The van der Waals surface area contributed by atoms with E-state index in [0.29, 0.717) is 17.9 Å². The van der Waals surface area contributed by atoms with Crippen molar-refractivity contribution in [3.63, 3.8) is 0 Å². The van der Waals surface area contributed by atoms with Gasteiger partial charge in [0.15, 0.2) is 0 Å². The topological polar surface area (TPSA) is 99.0 Å². The van der Waals surface area contributed by atoms with Crippen molar-refractivity contribution in [2.45, 2.75) is 13.8 Å². The fourth-order valence-corrected chi connectivity index (χ4v) is 2.56. The molecule has 1 amide bonds. The van der Waals surface area contributed by atoms with Crippen molar-refractivity contribution < 1.29 is 14.3 Å². The van der Waals surface area contributed by atoms with Crippen molar-refractivity contribution in [3.05, 3.63) is 71.6 Å². The molecule has 0 aliphatic rings. The van der Waals surface area contributed by atoms with E-state index in [-0.39, 0.29) is 11.9 Å². The van der Waals surface area contributed by atoms with E-state index in [2.05, 4.69) is 20.8 Å². The Labute approximate surface area is 161 Å². The van der Waals surface area contributed by atoms with Crippen LogP contribution in [0.4, 0.5) is 5.69 Å². The van der Waals surface area contributed by atoms with Crippen LogP contribution in [-0.4, -0.2) is 38.7 Å². The minimum atomic E-state index is -0.389. The normalized spacial score (nSPS) is 10.8. The van der Waals surface area contributed by atoms with Gasteiger partial charge in [-0.2, -0.15) is 0 Å². The summed E-state index contributed by atoms with van der Waals surface area (Å²) in [5, 5.41) is 13.9. The second-order valence-electron chi connectivity index (χ2n) is 5.92. The number of rotatable bonds is 6. The second kappa shape index (κ2) is 8.72. The Morgan fingerprint density at radius 3 is 2.61 bits per heavy atom. The van der Waals surface area contributed by atoms with Crippen molar-refractivity contribution in [1.82, 2.24) is 20.2 Å². The molecule has 0 atom stereocenters. The molecular weight excluding hydrogens is 358 g/mol. The summed E-state index contributed by atoms with van der Waals surface area (Å²) >= 11 is 0. The monoisotopic (exact) mass is 377 g/mol. The number of aromatic nitrogens is 4. The van der Waals surface area contributed by atoms with Gasteiger partial charge in [0.05, 0.1) is 12.3 Å². The first kappa shape index (κ1) is 19.0. The van der Waals surface area contributed by atoms with Gasteiger partial charge in [0.25, 0.3) is 5.91 Å². The van der Waals surface area contributed by atoms with Gasteiger partial charge in [-0.05, 0) is 71.8 Å². The maximum Gasteiger partial charge on any atom is 0.330 e. The average Bonchev–Trinajstić information content (AvgIpc) is 3.22. The Morgan fingerprint density at radius 2 is 1.96 bits per heavy atom. The predicted octanol–water partition coefficient (Wildman–Crippen LogP) is 2.80. The fourth-order valence-electron chi connectivity index (χ4n) is 2.56. The number of benzene rings is 2. The maximum atomic E-state index is 12.5. The number of amides is 1. The molecule has 142 valence electrons. The van der Waals surface area contributed by atoms with E-state index in [1.807, 2.05) is 6.92 Å². The molecule has 3 aromatic rings. The van der Waals surface area contributed by atoms with E-state index >= 15 is 0 Å². The number of hydrogen-bond acceptors (Lipinski definition) is 6. The van der Waals surface area contributed by atoms with Gasteiger partial charge >= 0.3 is 5.97 Å². The van der Waals surface area contributed by atoms with Gasteiger partial charge in [0.1, 0.15) is 6.33 Å². The van der Waals surface area contributed by atoms with Gasteiger partial charge in [-0.1, -0.05) is 12.1 Å². The lowest BCUT2D eigenvalue weighted by Crippen LogP contribution is -2.12. The number of aryl methyl sites for hydroxylation is 1. The summed E-state index contributed by atoms with van der Waals surface area (Å²) in [4.78, 5) is 23.8. The second-order valence-corrected chi connectivity index (χ2v) is 5.92. The Morgan fingerprint density at radius 1 is 1.18 bits per heavy atom. The third kappa shape index (κ3) is 4.67. The molecule has 0 aliphatic heterocycles. The van der Waals surface area contributed by atoms with Gasteiger partial charge in [-0.15, -0.1) is 5.10 Å². The number of anilines is 1. The van der Waals surface area contributed by atoms with E-state index in [1.54, 1.807) is 60.1 Å². The summed E-state index contributed by atoms with van der Waals surface area (Å²) in [7, 11) is 0. The number of hydrogen-bond donors (Lipinski definition) is 1. The summed E-state index contributed by atoms with van der Waals surface area (Å²) < 4.78 is 6.38. The molecule has 0 spiro atoms. The summed E-state index contributed by atoms with van der Waals surface area (Å²) in [6.07, 6.45) is 4.52. The number of tetrazole rings is 1. The summed E-state index contributed by atoms with van der Waals surface area (Å²) in [6, 6.07) is 12.4. The van der Waals surface area contributed by atoms with E-state index in [1.165, 1.54) is 12.4 Å². The van der Waals surface area contributed by atoms with Gasteiger partial charge in [-0.25, -0.2) is 9.48 Å². The molecule has 0 unspecified atom stereocenters. The van der Waals surface area contributed by atoms with Crippen LogP contribution in [0.3, 0.4) is 0 Å². The van der Waals surface area contributed by atoms with Crippen molar-refractivity contribution in [3.8, 4) is 5.69 Å². The van der Waals surface area contributed by atoms with E-state index in [9.17, 15) is 9.59 Å². The molecule has 0 radical (unpaired) electrons. The maximum absolute atomic E-state index is 12.5. The molecule has 28 heavy (non-hydrogen) atoms. The Bertz CT molecular complexity index is 995. The molecular formula is C20H19N5O3. The Balaban J connectivity index is 1.66. The molecule has 2 aromatic carbocycles. The van der Waals surface area contributed by atoms with Crippen molar-refractivity contribution >= 4 is 23.6 Å². The van der Waals surface area contributed by atoms with Crippen molar-refractivity contribution in [2.75, 3.05) is 11.9 Å². The van der Waals surface area contributed by atoms with Crippen LogP contribution >= 0.6 is 0 Å². The van der Waals surface area contributed by atoms with Gasteiger partial charge in [-0.3, -0.25) is 4.79 Å². The molecule has 0 saturated heterocycles. The molecule has 1 heterocycles. The van der Waals surface area contributed by atoms with E-state index in [4.69, 9.17) is 4.74 Å². The quantitative estimate of drug-likeness (QED) is 0.524. The highest BCUT2D eigenvalue weighted by molar-refractivity contribution is 6.04. The van der Waals surface area contributed by atoms with Crippen LogP contribution in [0.15, 0.2) is 54.9 Å². The van der Waals surface area contributed by atoms with Crippen molar-refractivity contribution in [2.24, 2.45) is 0 Å². The molecule has 0 aliphatic carbocycles. The lowest BCUT2D eigenvalue weighted by molar-refractivity contribution is -0.137. The molecule has 8 heteroatoms. The Kier molecular flexibility index (Phi) is 5.91. The van der Waals surface area contributed by atoms with Gasteiger partial charge in [0, 0.05) is 17.3 Å². The van der Waals surface area contributed by atoms with Crippen LogP contribution in [0, 0.1) is 6.92 Å². The van der Waals surface area contributed by atoms with Crippen LogP contribution in [0.2, 0.25) is 0 Å². The standard InChI is InChI=1S/C20H19N5O3/c1-3-28-19(26)11-6-15-4-8-17(9-5-15)22-20(27)16-7-10-18(14(2)12-16)25-13-21-23-24-25/h4-13H,3H2,1-2H3,(H,22,27). The molecule has 0 fully saturated rings. The number of nitrogens with zero attached hydrogens (tertiary/aromatic N) is 4. The summed E-state index contributed by atoms with van der Waals surface area (Å²) in [5.41, 5.74) is 3.69. The molecule has 0 saturated carbocycles. The van der Waals surface area contributed by atoms with Crippen LogP contribution in [0.25, 0.3) is 11.8 Å². The van der Waals surface area contributed by atoms with Crippen LogP contribution in [0.5, 0.6) is 0 Å². The van der Waals surface area contributed by atoms with Crippen LogP contribution in [-0.2, 0) is 9.53 Å². The SMILES string of the molecule is CCOC(=O)C=Cc1ccc(NC(=O)c2ccc(-n3cnnn3)c(C)c2)cc1. The minimum absolute atomic E-state index is 0.221. The first-order valence-electron chi connectivity index (χ1n) is 8.67. The highest BCUT2D eigenvalue weighted by atomic mass is 16.5. The van der Waals surface area contributed by atoms with Crippen molar-refractivity contribution in [1.29, 1.82) is 0 Å². The fraction of sp³-hybridized carbons (Fsp3) is 0.150. The molecule has 1 aromatic heterocycles. The first-order chi connectivity index (χ1) is 13.6. The van der Waals surface area contributed by atoms with E-state index < -0.39 is 0 Å². The highest BCUT2D eigenvalue weighted by Gasteiger charge is 2.10. The first-order valence-corrected chi connectivity index (χ1v) is 8.67. The number of carbonyl (C=O) groups is 2. The number of esters is 1. The largest absolute Gasteiger partial charge is 0.463 e. The third-order valence-corrected chi connectivity index (χ3v) is 3.92. The lowest BCUT2D eigenvalue weighted by atomic mass is 10.1. The zero-order chi connectivity index (χ0) is 19.9. The predicted molar refractivity (Wildman–Crippen MR) is 104 cm³/mol. The minimum Gasteiger partial charge on any atom is -0.463 e. The van der Waals surface area contributed by atoms with Crippen LogP contribution < -0.4 is 5.32 Å². The average molecular weight is 377 g/mol. The summed E-state index contributed by atoms with van der Waals surface area (Å²) in [6.45, 7) is 3.98. The van der Waals surface area contributed by atoms with Gasteiger partial charge in [0.2, 0.25) is 0 Å². The molecule has 3 rings (SSSR count).